The van der Waals surface area contributed by atoms with Gasteiger partial charge in [0.15, 0.2) is 0 Å². The Hall–Kier alpha value is -4.52. The highest BCUT2D eigenvalue weighted by Crippen LogP contribution is 2.22. The molecule has 0 aliphatic carbocycles. The van der Waals surface area contributed by atoms with Crippen LogP contribution in [0.2, 0.25) is 0 Å². The van der Waals surface area contributed by atoms with Gasteiger partial charge in [-0.25, -0.2) is 4.98 Å². The number of aryl methyl sites for hydroxylation is 1. The minimum atomic E-state index is -0.0391. The number of benzene rings is 3. The third kappa shape index (κ3) is 5.10. The van der Waals surface area contributed by atoms with E-state index in [1.165, 1.54) is 0 Å². The van der Waals surface area contributed by atoms with Crippen molar-refractivity contribution in [1.82, 2.24) is 19.7 Å². The Morgan fingerprint density at radius 1 is 0.971 bits per heavy atom. The molecule has 0 saturated carbocycles. The van der Waals surface area contributed by atoms with Gasteiger partial charge in [-0.1, -0.05) is 71.4 Å². The van der Waals surface area contributed by atoms with Crippen molar-refractivity contribution in [3.8, 4) is 23.0 Å². The Kier molecular flexibility index (Phi) is 5.99. The molecule has 0 bridgehead atoms. The van der Waals surface area contributed by atoms with Gasteiger partial charge in [0.2, 0.25) is 11.7 Å². The lowest BCUT2D eigenvalue weighted by Gasteiger charge is -2.07. The molecule has 0 atom stereocenters. The molecule has 0 fully saturated rings. The van der Waals surface area contributed by atoms with Crippen molar-refractivity contribution in [1.29, 1.82) is 0 Å². The molecule has 1 N–H and O–H groups in total. The van der Waals surface area contributed by atoms with E-state index < -0.39 is 0 Å². The van der Waals surface area contributed by atoms with Crippen molar-refractivity contribution in [3.63, 3.8) is 0 Å². The molecule has 5 aromatic rings. The van der Waals surface area contributed by atoms with Gasteiger partial charge in [0.25, 0.3) is 5.89 Å². The van der Waals surface area contributed by atoms with Gasteiger partial charge in [-0.2, -0.15) is 4.98 Å². The Morgan fingerprint density at radius 2 is 1.79 bits per heavy atom. The fourth-order valence-corrected chi connectivity index (χ4v) is 3.68. The summed E-state index contributed by atoms with van der Waals surface area (Å²) in [5.74, 6) is 0.882. The van der Waals surface area contributed by atoms with Gasteiger partial charge in [-0.15, -0.1) is 0 Å². The SMILES string of the molecule is Cc1cccc(-c2noc(-c3cn(Cc4ccc(NC(=O)Cc5ccccc5)cc4)cn3)n2)c1. The zero-order chi connectivity index (χ0) is 23.3. The van der Waals surface area contributed by atoms with E-state index >= 15 is 0 Å². The highest BCUT2D eigenvalue weighted by Gasteiger charge is 2.13. The number of carbonyl (C=O) groups is 1. The summed E-state index contributed by atoms with van der Waals surface area (Å²) in [6, 6.07) is 25.4. The number of aromatic nitrogens is 4. The molecule has 0 aliphatic rings. The number of hydrogen-bond donors (Lipinski definition) is 1. The van der Waals surface area contributed by atoms with Crippen LogP contribution in [-0.4, -0.2) is 25.6 Å². The van der Waals surface area contributed by atoms with E-state index in [9.17, 15) is 4.79 Å². The molecule has 7 nitrogen and oxygen atoms in total. The van der Waals surface area contributed by atoms with Crippen molar-refractivity contribution in [2.24, 2.45) is 0 Å². The summed E-state index contributed by atoms with van der Waals surface area (Å²) >= 11 is 0. The average molecular weight is 450 g/mol. The molecule has 1 amide bonds. The van der Waals surface area contributed by atoms with E-state index in [1.54, 1.807) is 6.33 Å². The number of hydrogen-bond acceptors (Lipinski definition) is 5. The maximum atomic E-state index is 12.3. The molecule has 0 aliphatic heterocycles. The lowest BCUT2D eigenvalue weighted by atomic mass is 10.1. The lowest BCUT2D eigenvalue weighted by Crippen LogP contribution is -2.14. The first-order chi connectivity index (χ1) is 16.6. The van der Waals surface area contributed by atoms with Crippen LogP contribution in [0.15, 0.2) is 95.9 Å². The largest absolute Gasteiger partial charge is 0.332 e. The smallest absolute Gasteiger partial charge is 0.278 e. The second kappa shape index (κ2) is 9.54. The van der Waals surface area contributed by atoms with Crippen LogP contribution in [0.3, 0.4) is 0 Å². The number of nitrogens with zero attached hydrogens (tertiary/aromatic N) is 4. The van der Waals surface area contributed by atoms with Gasteiger partial charge in [-0.3, -0.25) is 4.79 Å². The maximum absolute atomic E-state index is 12.3. The third-order valence-corrected chi connectivity index (χ3v) is 5.37. The number of amides is 1. The van der Waals surface area contributed by atoms with E-state index in [-0.39, 0.29) is 5.91 Å². The molecule has 0 saturated heterocycles. The van der Waals surface area contributed by atoms with Crippen LogP contribution >= 0.6 is 0 Å². The van der Waals surface area contributed by atoms with Crippen molar-refractivity contribution < 1.29 is 9.32 Å². The zero-order valence-electron chi connectivity index (χ0n) is 18.7. The van der Waals surface area contributed by atoms with Crippen LogP contribution < -0.4 is 5.32 Å². The van der Waals surface area contributed by atoms with Crippen molar-refractivity contribution in [3.05, 3.63) is 108 Å². The summed E-state index contributed by atoms with van der Waals surface area (Å²) in [4.78, 5) is 21.2. The van der Waals surface area contributed by atoms with E-state index in [0.717, 1.165) is 27.9 Å². The number of rotatable bonds is 7. The fourth-order valence-electron chi connectivity index (χ4n) is 3.68. The Morgan fingerprint density at radius 3 is 2.59 bits per heavy atom. The van der Waals surface area contributed by atoms with Crippen LogP contribution in [0, 0.1) is 6.92 Å². The molecule has 2 aromatic heterocycles. The van der Waals surface area contributed by atoms with Gasteiger partial charge in [0, 0.05) is 24.0 Å². The molecule has 7 heteroatoms. The average Bonchev–Trinajstić information content (AvgIpc) is 3.51. The van der Waals surface area contributed by atoms with Crippen LogP contribution in [0.25, 0.3) is 23.0 Å². The standard InChI is InChI=1S/C27H23N5O2/c1-19-6-5-9-22(14-19)26-30-27(34-31-26)24-17-32(18-28-24)16-21-10-12-23(13-11-21)29-25(33)15-20-7-3-2-4-8-20/h2-14,17-18H,15-16H2,1H3,(H,29,33). The van der Waals surface area contributed by atoms with Crippen LogP contribution in [0.4, 0.5) is 5.69 Å². The third-order valence-electron chi connectivity index (χ3n) is 5.37. The summed E-state index contributed by atoms with van der Waals surface area (Å²) in [5.41, 5.74) is 5.50. The van der Waals surface area contributed by atoms with E-state index in [1.807, 2.05) is 96.6 Å². The fraction of sp³-hybridized carbons (Fsp3) is 0.111. The summed E-state index contributed by atoms with van der Waals surface area (Å²) in [6.07, 6.45) is 3.96. The van der Waals surface area contributed by atoms with E-state index in [2.05, 4.69) is 20.4 Å². The minimum Gasteiger partial charge on any atom is -0.332 e. The Bertz CT molecular complexity index is 1400. The normalized spacial score (nSPS) is 10.9. The second-order valence-corrected chi connectivity index (χ2v) is 8.13. The summed E-state index contributed by atoms with van der Waals surface area (Å²) in [5, 5.41) is 7.03. The first-order valence-corrected chi connectivity index (χ1v) is 11.0. The molecule has 3 aromatic carbocycles. The number of anilines is 1. The van der Waals surface area contributed by atoms with Gasteiger partial charge >= 0.3 is 0 Å². The maximum Gasteiger partial charge on any atom is 0.278 e. The molecular formula is C27H23N5O2. The summed E-state index contributed by atoms with van der Waals surface area (Å²) in [6.45, 7) is 2.65. The van der Waals surface area contributed by atoms with E-state index in [4.69, 9.17) is 4.52 Å². The monoisotopic (exact) mass is 449 g/mol. The first-order valence-electron chi connectivity index (χ1n) is 11.0. The zero-order valence-corrected chi connectivity index (χ0v) is 18.7. The lowest BCUT2D eigenvalue weighted by molar-refractivity contribution is -0.115. The van der Waals surface area contributed by atoms with Gasteiger partial charge in [0.1, 0.15) is 5.69 Å². The Balaban J connectivity index is 1.21. The topological polar surface area (TPSA) is 85.8 Å². The summed E-state index contributed by atoms with van der Waals surface area (Å²) < 4.78 is 7.38. The molecule has 0 spiro atoms. The highest BCUT2D eigenvalue weighted by molar-refractivity contribution is 5.92. The second-order valence-electron chi connectivity index (χ2n) is 8.13. The number of imidazole rings is 1. The molecule has 34 heavy (non-hydrogen) atoms. The van der Waals surface area contributed by atoms with Gasteiger partial charge in [-0.05, 0) is 36.2 Å². The molecule has 0 unspecified atom stereocenters. The number of carbonyl (C=O) groups excluding carboxylic acids is 1. The summed E-state index contributed by atoms with van der Waals surface area (Å²) in [7, 11) is 0. The van der Waals surface area contributed by atoms with E-state index in [0.29, 0.717) is 30.4 Å². The molecule has 168 valence electrons. The van der Waals surface area contributed by atoms with Gasteiger partial charge in [0.05, 0.1) is 12.7 Å². The number of nitrogens with one attached hydrogen (secondary N) is 1. The van der Waals surface area contributed by atoms with Crippen molar-refractivity contribution in [2.75, 3.05) is 5.32 Å². The highest BCUT2D eigenvalue weighted by atomic mass is 16.5. The van der Waals surface area contributed by atoms with Gasteiger partial charge < -0.3 is 14.4 Å². The first kappa shape index (κ1) is 21.3. The van der Waals surface area contributed by atoms with Crippen LogP contribution in [0.1, 0.15) is 16.7 Å². The van der Waals surface area contributed by atoms with Crippen LogP contribution in [0.5, 0.6) is 0 Å². The van der Waals surface area contributed by atoms with Crippen LogP contribution in [-0.2, 0) is 17.8 Å². The molecule has 2 heterocycles. The quantitative estimate of drug-likeness (QED) is 0.372. The predicted molar refractivity (Wildman–Crippen MR) is 130 cm³/mol. The van der Waals surface area contributed by atoms with Crippen molar-refractivity contribution >= 4 is 11.6 Å². The molecule has 0 radical (unpaired) electrons. The molecule has 5 rings (SSSR count). The minimum absolute atomic E-state index is 0.0391. The predicted octanol–water partition coefficient (Wildman–Crippen LogP) is 5.14. The molecular weight excluding hydrogens is 426 g/mol. The van der Waals surface area contributed by atoms with Crippen molar-refractivity contribution in [2.45, 2.75) is 19.9 Å². The Labute approximate surface area is 197 Å².